The number of nitrogen functional groups attached to an aromatic ring is 2. The van der Waals surface area contributed by atoms with E-state index in [9.17, 15) is 10.1 Å². The van der Waals surface area contributed by atoms with E-state index in [-0.39, 0.29) is 17.3 Å². The Morgan fingerprint density at radius 1 is 1.26 bits per heavy atom. The van der Waals surface area contributed by atoms with E-state index in [1.165, 1.54) is 14.2 Å². The predicted molar refractivity (Wildman–Crippen MR) is 85.9 cm³/mol. The summed E-state index contributed by atoms with van der Waals surface area (Å²) in [6.45, 7) is 0. The minimum Gasteiger partial charge on any atom is -0.497 e. The molecule has 0 spiro atoms. The fraction of sp³-hybridized carbons (Fsp3) is 0.133. The summed E-state index contributed by atoms with van der Waals surface area (Å²) in [4.78, 5) is 16.6. The second-order valence-corrected chi connectivity index (χ2v) is 4.80. The molecule has 0 atom stereocenters. The highest BCUT2D eigenvalue weighted by molar-refractivity contribution is 6.14. The zero-order valence-electron chi connectivity index (χ0n) is 12.5. The molecule has 3 rings (SSSR count). The van der Waals surface area contributed by atoms with Gasteiger partial charge in [0.25, 0.3) is 5.56 Å². The molecule has 0 amide bonds. The maximum atomic E-state index is 12.3. The van der Waals surface area contributed by atoms with Crippen LogP contribution < -0.4 is 26.6 Å². The Balaban J connectivity index is 2.68. The minimum absolute atomic E-state index is 0.0479. The van der Waals surface area contributed by atoms with E-state index in [0.717, 1.165) is 4.68 Å². The van der Waals surface area contributed by atoms with Gasteiger partial charge in [-0.05, 0) is 12.1 Å². The first-order chi connectivity index (χ1) is 11.0. The molecule has 0 radical (unpaired) electrons. The quantitative estimate of drug-likeness (QED) is 0.527. The van der Waals surface area contributed by atoms with Crippen LogP contribution in [0.4, 0.5) is 5.82 Å². The van der Waals surface area contributed by atoms with Crippen molar-refractivity contribution in [2.45, 2.75) is 0 Å². The Labute approximate surface area is 130 Å². The third-order valence-corrected chi connectivity index (χ3v) is 3.64. The number of ether oxygens (including phenoxy) is 2. The maximum absolute atomic E-state index is 12.3. The molecule has 0 aliphatic rings. The first-order valence-corrected chi connectivity index (χ1v) is 6.58. The Hall–Kier alpha value is -3.47. The van der Waals surface area contributed by atoms with Crippen molar-refractivity contribution in [3.05, 3.63) is 34.1 Å². The van der Waals surface area contributed by atoms with Gasteiger partial charge >= 0.3 is 0 Å². The topological polar surface area (TPSA) is 129 Å². The fourth-order valence-electron chi connectivity index (χ4n) is 2.61. The molecule has 2 heterocycles. The first-order valence-electron chi connectivity index (χ1n) is 6.58. The minimum atomic E-state index is -0.667. The van der Waals surface area contributed by atoms with Gasteiger partial charge < -0.3 is 21.1 Å². The molecule has 116 valence electrons. The number of nitriles is 1. The van der Waals surface area contributed by atoms with Gasteiger partial charge in [-0.2, -0.15) is 9.94 Å². The van der Waals surface area contributed by atoms with Gasteiger partial charge in [0.05, 0.1) is 25.1 Å². The molecule has 4 N–H and O–H groups in total. The number of aromatic nitrogens is 2. The number of methoxy groups -OCH3 is 2. The van der Waals surface area contributed by atoms with Crippen molar-refractivity contribution < 1.29 is 9.47 Å². The van der Waals surface area contributed by atoms with Gasteiger partial charge in [0.15, 0.2) is 0 Å². The zero-order chi connectivity index (χ0) is 16.7. The lowest BCUT2D eigenvalue weighted by atomic mass is 10.0. The molecular weight excluding hydrogens is 298 g/mol. The number of rotatable bonds is 2. The third kappa shape index (κ3) is 1.91. The smallest absolute Gasteiger partial charge is 0.290 e. The molecule has 0 unspecified atom stereocenters. The summed E-state index contributed by atoms with van der Waals surface area (Å²) >= 11 is 0. The van der Waals surface area contributed by atoms with Gasteiger partial charge in [0.1, 0.15) is 23.2 Å². The predicted octanol–water partition coefficient (Wildman–Crippen LogP) is 0.735. The molecule has 1 aromatic carbocycles. The third-order valence-electron chi connectivity index (χ3n) is 3.64. The Morgan fingerprint density at radius 3 is 2.61 bits per heavy atom. The van der Waals surface area contributed by atoms with Crippen molar-refractivity contribution in [2.75, 3.05) is 25.8 Å². The summed E-state index contributed by atoms with van der Waals surface area (Å²) in [6.07, 6.45) is 0. The molecule has 0 saturated heterocycles. The van der Waals surface area contributed by atoms with E-state index >= 15 is 0 Å². The van der Waals surface area contributed by atoms with Crippen molar-refractivity contribution in [2.24, 2.45) is 0 Å². The van der Waals surface area contributed by atoms with Crippen molar-refractivity contribution in [3.63, 3.8) is 0 Å². The average molecular weight is 311 g/mol. The van der Waals surface area contributed by atoms with E-state index in [0.29, 0.717) is 27.4 Å². The molecule has 0 aliphatic carbocycles. The van der Waals surface area contributed by atoms with Gasteiger partial charge in [-0.1, -0.05) is 0 Å². The number of fused-ring (bicyclic) bond motifs is 3. The molecule has 23 heavy (non-hydrogen) atoms. The van der Waals surface area contributed by atoms with Gasteiger partial charge in [-0.15, -0.1) is 0 Å². The van der Waals surface area contributed by atoms with E-state index < -0.39 is 5.56 Å². The van der Waals surface area contributed by atoms with Crippen LogP contribution in [0.25, 0.3) is 21.7 Å². The molecule has 0 bridgehead atoms. The Morgan fingerprint density at radius 2 is 2.00 bits per heavy atom. The molecule has 2 aromatic heterocycles. The van der Waals surface area contributed by atoms with Crippen molar-refractivity contribution >= 4 is 27.5 Å². The van der Waals surface area contributed by atoms with E-state index in [4.69, 9.17) is 21.1 Å². The molecule has 0 aliphatic heterocycles. The van der Waals surface area contributed by atoms with E-state index in [2.05, 4.69) is 4.98 Å². The lowest BCUT2D eigenvalue weighted by Gasteiger charge is -2.14. The summed E-state index contributed by atoms with van der Waals surface area (Å²) < 4.78 is 11.1. The van der Waals surface area contributed by atoms with Gasteiger partial charge in [-0.3, -0.25) is 4.79 Å². The van der Waals surface area contributed by atoms with Crippen LogP contribution in [0.5, 0.6) is 11.6 Å². The SMILES string of the molecule is COc1ccc2c(c1)nc(N)c1c(OC)n(N)c(=O)c(C#N)c12. The van der Waals surface area contributed by atoms with Crippen LogP contribution in [0.15, 0.2) is 23.0 Å². The average Bonchev–Trinajstić information content (AvgIpc) is 2.56. The summed E-state index contributed by atoms with van der Waals surface area (Å²) in [5, 5.41) is 10.7. The van der Waals surface area contributed by atoms with Gasteiger partial charge in [0.2, 0.25) is 5.88 Å². The summed E-state index contributed by atoms with van der Waals surface area (Å²) in [6, 6.07) is 6.99. The first kappa shape index (κ1) is 14.5. The zero-order valence-corrected chi connectivity index (χ0v) is 12.5. The number of pyridine rings is 2. The Bertz CT molecular complexity index is 1050. The van der Waals surface area contributed by atoms with Crippen molar-refractivity contribution in [3.8, 4) is 17.7 Å². The van der Waals surface area contributed by atoms with Crippen LogP contribution in [0.1, 0.15) is 5.56 Å². The molecule has 8 nitrogen and oxygen atoms in total. The lowest BCUT2D eigenvalue weighted by Crippen LogP contribution is -2.30. The highest BCUT2D eigenvalue weighted by Crippen LogP contribution is 2.35. The van der Waals surface area contributed by atoms with Crippen LogP contribution >= 0.6 is 0 Å². The van der Waals surface area contributed by atoms with Crippen LogP contribution in [-0.4, -0.2) is 23.9 Å². The lowest BCUT2D eigenvalue weighted by molar-refractivity contribution is 0.386. The van der Waals surface area contributed by atoms with Gasteiger partial charge in [-0.25, -0.2) is 4.98 Å². The highest BCUT2D eigenvalue weighted by Gasteiger charge is 2.21. The number of anilines is 1. The number of benzene rings is 1. The summed E-state index contributed by atoms with van der Waals surface area (Å²) in [5.74, 6) is 6.46. The number of hydrogen-bond acceptors (Lipinski definition) is 7. The Kier molecular flexibility index (Phi) is 3.19. The molecule has 0 saturated carbocycles. The summed E-state index contributed by atoms with van der Waals surface area (Å²) in [5.41, 5.74) is 5.74. The van der Waals surface area contributed by atoms with Crippen LogP contribution in [-0.2, 0) is 0 Å². The van der Waals surface area contributed by atoms with Crippen LogP contribution in [0.3, 0.4) is 0 Å². The molecule has 3 aromatic rings. The fourth-order valence-corrected chi connectivity index (χ4v) is 2.61. The molecule has 8 heteroatoms. The number of hydrogen-bond donors (Lipinski definition) is 2. The van der Waals surface area contributed by atoms with E-state index in [1.807, 2.05) is 6.07 Å². The second kappa shape index (κ2) is 5.06. The monoisotopic (exact) mass is 311 g/mol. The normalized spacial score (nSPS) is 10.7. The molecule has 0 fully saturated rings. The molecular formula is C15H13N5O3. The van der Waals surface area contributed by atoms with Crippen LogP contribution in [0, 0.1) is 11.3 Å². The van der Waals surface area contributed by atoms with Crippen LogP contribution in [0.2, 0.25) is 0 Å². The van der Waals surface area contributed by atoms with Crippen molar-refractivity contribution in [1.82, 2.24) is 9.66 Å². The van der Waals surface area contributed by atoms with E-state index in [1.54, 1.807) is 18.2 Å². The highest BCUT2D eigenvalue weighted by atomic mass is 16.5. The number of nitrogens with two attached hydrogens (primary N) is 2. The second-order valence-electron chi connectivity index (χ2n) is 4.80. The standard InChI is InChI=1S/C15H13N5O3/c1-22-7-3-4-8-10(5-7)19-13(17)12-11(8)9(6-16)14(21)20(18)15(12)23-2/h3-5H,18H2,1-2H3,(H2,17,19). The largest absolute Gasteiger partial charge is 0.497 e. The summed E-state index contributed by atoms with van der Waals surface area (Å²) in [7, 11) is 2.89. The van der Waals surface area contributed by atoms with Gasteiger partial charge in [0, 0.05) is 16.8 Å². The maximum Gasteiger partial charge on any atom is 0.290 e. The number of nitrogens with zero attached hydrogens (tertiary/aromatic N) is 3. The van der Waals surface area contributed by atoms with Crippen molar-refractivity contribution in [1.29, 1.82) is 5.26 Å².